The first kappa shape index (κ1) is 13.3. The summed E-state index contributed by atoms with van der Waals surface area (Å²) in [6.07, 6.45) is 0. The molecule has 100 valence electrons. The molecule has 1 fully saturated rings. The van der Waals surface area contributed by atoms with Gasteiger partial charge in [0.2, 0.25) is 0 Å². The second-order valence-electron chi connectivity index (χ2n) is 4.41. The summed E-state index contributed by atoms with van der Waals surface area (Å²) in [6, 6.07) is 8.81. The van der Waals surface area contributed by atoms with Gasteiger partial charge >= 0.3 is 0 Å². The SMILES string of the molecule is C=C1C(=O)N(OCc2ccccc2)C(C)C(=O)N1C. The third-order valence-electron chi connectivity index (χ3n) is 3.10. The summed E-state index contributed by atoms with van der Waals surface area (Å²) in [7, 11) is 1.54. The van der Waals surface area contributed by atoms with Gasteiger partial charge in [0.15, 0.2) is 0 Å². The Morgan fingerprint density at radius 2 is 1.89 bits per heavy atom. The molecule has 0 bridgehead atoms. The molecule has 0 saturated carbocycles. The van der Waals surface area contributed by atoms with E-state index >= 15 is 0 Å². The molecule has 0 N–H and O–H groups in total. The van der Waals surface area contributed by atoms with Crippen LogP contribution in [0.25, 0.3) is 0 Å². The first-order valence-electron chi connectivity index (χ1n) is 5.99. The Labute approximate surface area is 112 Å². The van der Waals surface area contributed by atoms with Crippen LogP contribution in [0.3, 0.4) is 0 Å². The summed E-state index contributed by atoms with van der Waals surface area (Å²) in [6.45, 7) is 5.47. The molecule has 2 rings (SSSR count). The van der Waals surface area contributed by atoms with E-state index in [0.717, 1.165) is 10.6 Å². The quantitative estimate of drug-likeness (QED) is 0.770. The molecule has 1 atom stereocenters. The van der Waals surface area contributed by atoms with Crippen molar-refractivity contribution >= 4 is 11.8 Å². The molecular formula is C14H16N2O3. The van der Waals surface area contributed by atoms with Crippen molar-refractivity contribution in [2.24, 2.45) is 0 Å². The number of hydrogen-bond acceptors (Lipinski definition) is 3. The highest BCUT2D eigenvalue weighted by Crippen LogP contribution is 2.19. The Morgan fingerprint density at radius 3 is 2.53 bits per heavy atom. The van der Waals surface area contributed by atoms with Gasteiger partial charge in [-0.3, -0.25) is 14.4 Å². The van der Waals surface area contributed by atoms with E-state index in [0.29, 0.717) is 0 Å². The number of rotatable bonds is 3. The van der Waals surface area contributed by atoms with E-state index in [1.165, 1.54) is 11.9 Å². The standard InChI is InChI=1S/C14H16N2O3/c1-10-14(18)16(11(2)13(17)15(10)3)19-9-12-7-5-4-6-8-12/h4-8,11H,1,9H2,2-3H3. The van der Waals surface area contributed by atoms with Gasteiger partial charge in [-0.2, -0.15) is 0 Å². The Hall–Kier alpha value is -2.14. The van der Waals surface area contributed by atoms with Gasteiger partial charge in [-0.25, -0.2) is 5.06 Å². The van der Waals surface area contributed by atoms with Crippen LogP contribution < -0.4 is 0 Å². The number of likely N-dealkylation sites (N-methyl/N-ethyl adjacent to an activating group) is 1. The highest BCUT2D eigenvalue weighted by molar-refractivity contribution is 6.03. The lowest BCUT2D eigenvalue weighted by molar-refractivity contribution is -0.210. The maximum Gasteiger partial charge on any atom is 0.294 e. The Kier molecular flexibility index (Phi) is 3.66. The fourth-order valence-corrected chi connectivity index (χ4v) is 1.85. The summed E-state index contributed by atoms with van der Waals surface area (Å²) in [5, 5.41) is 1.09. The lowest BCUT2D eigenvalue weighted by Gasteiger charge is -2.36. The molecule has 1 unspecified atom stereocenters. The molecule has 1 aliphatic heterocycles. The van der Waals surface area contributed by atoms with Crippen LogP contribution in [0, 0.1) is 0 Å². The number of benzene rings is 1. The van der Waals surface area contributed by atoms with Gasteiger partial charge in [0.1, 0.15) is 18.3 Å². The fraction of sp³-hybridized carbons (Fsp3) is 0.286. The van der Waals surface area contributed by atoms with Crippen molar-refractivity contribution in [3.63, 3.8) is 0 Å². The Morgan fingerprint density at radius 1 is 1.26 bits per heavy atom. The van der Waals surface area contributed by atoms with E-state index in [2.05, 4.69) is 6.58 Å². The molecule has 5 heteroatoms. The molecule has 1 aliphatic rings. The predicted octanol–water partition coefficient (Wildman–Crippen LogP) is 1.32. The normalized spacial score (nSPS) is 20.1. The van der Waals surface area contributed by atoms with E-state index in [9.17, 15) is 9.59 Å². The highest BCUT2D eigenvalue weighted by Gasteiger charge is 2.38. The van der Waals surface area contributed by atoms with Gasteiger partial charge in [0.25, 0.3) is 11.8 Å². The van der Waals surface area contributed by atoms with Gasteiger partial charge in [0, 0.05) is 7.05 Å². The minimum Gasteiger partial charge on any atom is -0.309 e. The van der Waals surface area contributed by atoms with Gasteiger partial charge in [-0.05, 0) is 12.5 Å². The average molecular weight is 260 g/mol. The first-order chi connectivity index (χ1) is 9.02. The lowest BCUT2D eigenvalue weighted by Crippen LogP contribution is -2.55. The van der Waals surface area contributed by atoms with Crippen molar-refractivity contribution in [1.82, 2.24) is 9.96 Å². The molecule has 2 amide bonds. The topological polar surface area (TPSA) is 49.9 Å². The van der Waals surface area contributed by atoms with Crippen LogP contribution in [0.5, 0.6) is 0 Å². The molecule has 19 heavy (non-hydrogen) atoms. The predicted molar refractivity (Wildman–Crippen MR) is 69.4 cm³/mol. The summed E-state index contributed by atoms with van der Waals surface area (Å²) < 4.78 is 0. The highest BCUT2D eigenvalue weighted by atomic mass is 16.7. The number of hydroxylamine groups is 2. The van der Waals surface area contributed by atoms with Crippen LogP contribution in [0.4, 0.5) is 0 Å². The van der Waals surface area contributed by atoms with Crippen LogP contribution >= 0.6 is 0 Å². The summed E-state index contributed by atoms with van der Waals surface area (Å²) >= 11 is 0. The molecule has 1 heterocycles. The maximum atomic E-state index is 12.0. The van der Waals surface area contributed by atoms with Crippen LogP contribution in [-0.2, 0) is 21.0 Å². The second-order valence-corrected chi connectivity index (χ2v) is 4.41. The van der Waals surface area contributed by atoms with E-state index in [1.54, 1.807) is 6.92 Å². The van der Waals surface area contributed by atoms with Gasteiger partial charge in [-0.1, -0.05) is 36.9 Å². The molecular weight excluding hydrogens is 244 g/mol. The summed E-state index contributed by atoms with van der Waals surface area (Å²) in [4.78, 5) is 30.6. The molecule has 1 saturated heterocycles. The van der Waals surface area contributed by atoms with Gasteiger partial charge < -0.3 is 4.90 Å². The Balaban J connectivity index is 2.09. The van der Waals surface area contributed by atoms with Crippen molar-refractivity contribution in [3.8, 4) is 0 Å². The summed E-state index contributed by atoms with van der Waals surface area (Å²) in [5.74, 6) is -0.594. The van der Waals surface area contributed by atoms with Gasteiger partial charge in [-0.15, -0.1) is 0 Å². The second kappa shape index (κ2) is 5.24. The minimum absolute atomic E-state index is 0.121. The third-order valence-corrected chi connectivity index (χ3v) is 3.10. The zero-order valence-corrected chi connectivity index (χ0v) is 11.0. The molecule has 0 radical (unpaired) electrons. The molecule has 0 aliphatic carbocycles. The zero-order valence-electron chi connectivity index (χ0n) is 11.0. The van der Waals surface area contributed by atoms with E-state index in [1.807, 2.05) is 30.3 Å². The molecule has 0 aromatic heterocycles. The lowest BCUT2D eigenvalue weighted by atomic mass is 10.2. The van der Waals surface area contributed by atoms with E-state index in [4.69, 9.17) is 4.84 Å². The van der Waals surface area contributed by atoms with Gasteiger partial charge in [0.05, 0.1) is 0 Å². The maximum absolute atomic E-state index is 12.0. The van der Waals surface area contributed by atoms with E-state index in [-0.39, 0.29) is 24.1 Å². The Bertz CT molecular complexity index is 513. The number of hydrogen-bond donors (Lipinski definition) is 0. The molecule has 5 nitrogen and oxygen atoms in total. The van der Waals surface area contributed by atoms with Crippen molar-refractivity contribution in [2.75, 3.05) is 7.05 Å². The first-order valence-corrected chi connectivity index (χ1v) is 5.99. The van der Waals surface area contributed by atoms with Crippen molar-refractivity contribution in [2.45, 2.75) is 19.6 Å². The van der Waals surface area contributed by atoms with Crippen LogP contribution in [0.2, 0.25) is 0 Å². The number of amides is 2. The number of carbonyl (C=O) groups is 2. The molecule has 1 aromatic carbocycles. The number of piperazine rings is 1. The number of nitrogens with zero attached hydrogens (tertiary/aromatic N) is 2. The number of carbonyl (C=O) groups excluding carboxylic acids is 2. The van der Waals surface area contributed by atoms with Crippen molar-refractivity contribution < 1.29 is 14.4 Å². The van der Waals surface area contributed by atoms with Crippen LogP contribution in [0.15, 0.2) is 42.6 Å². The third kappa shape index (κ3) is 2.51. The minimum atomic E-state index is -0.647. The van der Waals surface area contributed by atoms with Crippen LogP contribution in [0.1, 0.15) is 12.5 Å². The smallest absolute Gasteiger partial charge is 0.294 e. The van der Waals surface area contributed by atoms with Crippen molar-refractivity contribution in [1.29, 1.82) is 0 Å². The fourth-order valence-electron chi connectivity index (χ4n) is 1.85. The average Bonchev–Trinajstić information content (AvgIpc) is 2.44. The summed E-state index contributed by atoms with van der Waals surface area (Å²) in [5.41, 5.74) is 1.05. The largest absolute Gasteiger partial charge is 0.309 e. The molecule has 1 aromatic rings. The van der Waals surface area contributed by atoms with E-state index < -0.39 is 6.04 Å². The van der Waals surface area contributed by atoms with Crippen molar-refractivity contribution in [3.05, 3.63) is 48.2 Å². The zero-order chi connectivity index (χ0) is 14.0. The van der Waals surface area contributed by atoms with Crippen LogP contribution in [-0.4, -0.2) is 34.9 Å². The molecule has 0 spiro atoms. The monoisotopic (exact) mass is 260 g/mol.